The third kappa shape index (κ3) is 4.52. The summed E-state index contributed by atoms with van der Waals surface area (Å²) in [4.78, 5) is 11.3. The number of anilines is 1. The molecular formula is C20H18N6O2S. The van der Waals surface area contributed by atoms with Crippen molar-refractivity contribution in [1.29, 1.82) is 0 Å². The van der Waals surface area contributed by atoms with Crippen LogP contribution in [0.25, 0.3) is 17.1 Å². The number of amides is 1. The molecule has 0 unspecified atom stereocenters. The molecule has 0 saturated carbocycles. The van der Waals surface area contributed by atoms with Crippen LogP contribution in [0.15, 0.2) is 64.4 Å². The summed E-state index contributed by atoms with van der Waals surface area (Å²) in [7, 11) is 0. The SMILES string of the molecule is CC(=O)Nc1cccc(-n2cnnc2SCc2nnc(-c3ccc(C)cc3)o2)c1. The number of hydrogen-bond donors (Lipinski definition) is 1. The topological polar surface area (TPSA) is 98.7 Å². The maximum Gasteiger partial charge on any atom is 0.247 e. The molecule has 1 amide bonds. The van der Waals surface area contributed by atoms with E-state index in [9.17, 15) is 4.79 Å². The van der Waals surface area contributed by atoms with Crippen LogP contribution in [0, 0.1) is 6.92 Å². The second-order valence-electron chi connectivity index (χ2n) is 6.37. The van der Waals surface area contributed by atoms with E-state index in [2.05, 4.69) is 25.7 Å². The molecule has 0 radical (unpaired) electrons. The predicted octanol–water partition coefficient (Wildman–Crippen LogP) is 3.88. The van der Waals surface area contributed by atoms with Crippen molar-refractivity contribution in [3.8, 4) is 17.1 Å². The van der Waals surface area contributed by atoms with Crippen LogP contribution >= 0.6 is 11.8 Å². The molecule has 0 aliphatic heterocycles. The van der Waals surface area contributed by atoms with E-state index in [1.165, 1.54) is 24.2 Å². The summed E-state index contributed by atoms with van der Waals surface area (Å²) < 4.78 is 7.61. The lowest BCUT2D eigenvalue weighted by Gasteiger charge is -2.08. The van der Waals surface area contributed by atoms with Gasteiger partial charge in [-0.1, -0.05) is 35.5 Å². The Hall–Kier alpha value is -3.46. The first-order valence-corrected chi connectivity index (χ1v) is 9.87. The monoisotopic (exact) mass is 406 g/mol. The number of thioether (sulfide) groups is 1. The van der Waals surface area contributed by atoms with Gasteiger partial charge in [-0.2, -0.15) is 0 Å². The Kier molecular flexibility index (Phi) is 5.39. The molecule has 0 aliphatic rings. The summed E-state index contributed by atoms with van der Waals surface area (Å²) in [6.45, 7) is 3.50. The minimum absolute atomic E-state index is 0.124. The first-order chi connectivity index (χ1) is 14.1. The Morgan fingerprint density at radius 2 is 1.97 bits per heavy atom. The van der Waals surface area contributed by atoms with Gasteiger partial charge in [-0.15, -0.1) is 20.4 Å². The summed E-state index contributed by atoms with van der Waals surface area (Å²) in [5.74, 6) is 1.33. The van der Waals surface area contributed by atoms with Crippen LogP contribution in [0.1, 0.15) is 18.4 Å². The molecule has 8 nitrogen and oxygen atoms in total. The van der Waals surface area contributed by atoms with Crippen molar-refractivity contribution < 1.29 is 9.21 Å². The fourth-order valence-electron chi connectivity index (χ4n) is 2.69. The zero-order valence-corrected chi connectivity index (χ0v) is 16.7. The van der Waals surface area contributed by atoms with Gasteiger partial charge in [0.15, 0.2) is 5.16 Å². The van der Waals surface area contributed by atoms with Crippen molar-refractivity contribution >= 4 is 23.4 Å². The van der Waals surface area contributed by atoms with Crippen LogP contribution in [0.4, 0.5) is 5.69 Å². The largest absolute Gasteiger partial charge is 0.420 e. The van der Waals surface area contributed by atoms with Crippen molar-refractivity contribution in [2.45, 2.75) is 24.8 Å². The van der Waals surface area contributed by atoms with E-state index in [1.807, 2.05) is 60.0 Å². The number of rotatable bonds is 6. The van der Waals surface area contributed by atoms with Gasteiger partial charge in [0.25, 0.3) is 0 Å². The average molecular weight is 406 g/mol. The number of carbonyl (C=O) groups excluding carboxylic acids is 1. The second-order valence-corrected chi connectivity index (χ2v) is 7.31. The van der Waals surface area contributed by atoms with Gasteiger partial charge in [0.1, 0.15) is 6.33 Å². The minimum atomic E-state index is -0.124. The van der Waals surface area contributed by atoms with Gasteiger partial charge in [-0.05, 0) is 37.3 Å². The number of aryl methyl sites for hydroxylation is 1. The van der Waals surface area contributed by atoms with Gasteiger partial charge < -0.3 is 9.73 Å². The van der Waals surface area contributed by atoms with Crippen LogP contribution in [-0.2, 0) is 10.5 Å². The Labute approximate surface area is 171 Å². The Morgan fingerprint density at radius 3 is 2.76 bits per heavy atom. The molecule has 2 aromatic carbocycles. The molecular weight excluding hydrogens is 388 g/mol. The molecule has 4 rings (SSSR count). The van der Waals surface area contributed by atoms with Crippen LogP contribution in [-0.4, -0.2) is 30.9 Å². The number of nitrogens with one attached hydrogen (secondary N) is 1. The number of hydrogen-bond acceptors (Lipinski definition) is 7. The Bertz CT molecular complexity index is 1140. The quantitative estimate of drug-likeness (QED) is 0.485. The van der Waals surface area contributed by atoms with Gasteiger partial charge in [0, 0.05) is 18.2 Å². The third-order valence-electron chi connectivity index (χ3n) is 4.05. The fraction of sp³-hybridized carbons (Fsp3) is 0.150. The molecule has 0 aliphatic carbocycles. The molecule has 0 bridgehead atoms. The molecule has 1 N–H and O–H groups in total. The van der Waals surface area contributed by atoms with Crippen LogP contribution in [0.5, 0.6) is 0 Å². The van der Waals surface area contributed by atoms with Crippen molar-refractivity contribution in [2.75, 3.05) is 5.32 Å². The minimum Gasteiger partial charge on any atom is -0.420 e. The number of nitrogens with zero attached hydrogens (tertiary/aromatic N) is 5. The fourth-order valence-corrected chi connectivity index (χ4v) is 3.45. The molecule has 4 aromatic rings. The van der Waals surface area contributed by atoms with Crippen molar-refractivity contribution in [1.82, 2.24) is 25.0 Å². The van der Waals surface area contributed by atoms with Crippen LogP contribution < -0.4 is 5.32 Å². The second kappa shape index (κ2) is 8.27. The zero-order valence-electron chi connectivity index (χ0n) is 15.9. The van der Waals surface area contributed by atoms with E-state index in [1.54, 1.807) is 6.33 Å². The highest BCUT2D eigenvalue weighted by molar-refractivity contribution is 7.98. The summed E-state index contributed by atoms with van der Waals surface area (Å²) in [5, 5.41) is 19.9. The Balaban J connectivity index is 1.48. The molecule has 0 spiro atoms. The summed E-state index contributed by atoms with van der Waals surface area (Å²) in [6, 6.07) is 15.4. The first-order valence-electron chi connectivity index (χ1n) is 8.89. The van der Waals surface area contributed by atoms with E-state index < -0.39 is 0 Å². The molecule has 2 aromatic heterocycles. The highest BCUT2D eigenvalue weighted by Crippen LogP contribution is 2.26. The van der Waals surface area contributed by atoms with Crippen LogP contribution in [0.3, 0.4) is 0 Å². The predicted molar refractivity (Wildman–Crippen MR) is 110 cm³/mol. The highest BCUT2D eigenvalue weighted by atomic mass is 32.2. The highest BCUT2D eigenvalue weighted by Gasteiger charge is 2.13. The van der Waals surface area contributed by atoms with Gasteiger partial charge in [0.2, 0.25) is 17.7 Å². The molecule has 0 fully saturated rings. The normalized spacial score (nSPS) is 10.8. The molecule has 29 heavy (non-hydrogen) atoms. The van der Waals surface area contributed by atoms with Gasteiger partial charge >= 0.3 is 0 Å². The lowest BCUT2D eigenvalue weighted by Crippen LogP contribution is -2.06. The van der Waals surface area contributed by atoms with Gasteiger partial charge in [-0.3, -0.25) is 9.36 Å². The lowest BCUT2D eigenvalue weighted by atomic mass is 10.1. The summed E-state index contributed by atoms with van der Waals surface area (Å²) >= 11 is 1.44. The van der Waals surface area contributed by atoms with Crippen molar-refractivity contribution in [3.63, 3.8) is 0 Å². The van der Waals surface area contributed by atoms with E-state index in [-0.39, 0.29) is 5.91 Å². The van der Waals surface area contributed by atoms with Crippen molar-refractivity contribution in [3.05, 3.63) is 66.3 Å². The number of carbonyl (C=O) groups is 1. The molecule has 0 saturated heterocycles. The van der Waals surface area contributed by atoms with Gasteiger partial charge in [-0.25, -0.2) is 0 Å². The molecule has 9 heteroatoms. The number of benzene rings is 2. The zero-order chi connectivity index (χ0) is 20.2. The maximum atomic E-state index is 11.3. The first kappa shape index (κ1) is 18.9. The van der Waals surface area contributed by atoms with E-state index in [0.717, 1.165) is 11.3 Å². The Morgan fingerprint density at radius 1 is 1.14 bits per heavy atom. The lowest BCUT2D eigenvalue weighted by molar-refractivity contribution is -0.114. The molecule has 146 valence electrons. The van der Waals surface area contributed by atoms with E-state index in [0.29, 0.717) is 28.4 Å². The summed E-state index contributed by atoms with van der Waals surface area (Å²) in [6.07, 6.45) is 1.63. The standard InChI is InChI=1S/C20H18N6O2S/c1-13-6-8-15(9-7-13)19-24-23-18(28-19)11-29-20-25-21-12-26(20)17-5-3-4-16(10-17)22-14(2)27/h3-10,12H,11H2,1-2H3,(H,22,27). The average Bonchev–Trinajstić information content (AvgIpc) is 3.36. The summed E-state index contributed by atoms with van der Waals surface area (Å²) in [5.41, 5.74) is 3.61. The smallest absolute Gasteiger partial charge is 0.247 e. The maximum absolute atomic E-state index is 11.3. The van der Waals surface area contributed by atoms with Crippen LogP contribution in [0.2, 0.25) is 0 Å². The van der Waals surface area contributed by atoms with Crippen molar-refractivity contribution in [2.24, 2.45) is 0 Å². The van der Waals surface area contributed by atoms with Gasteiger partial charge in [0.05, 0.1) is 11.4 Å². The number of aromatic nitrogens is 5. The molecule has 0 atom stereocenters. The van der Waals surface area contributed by atoms with E-state index in [4.69, 9.17) is 4.42 Å². The van der Waals surface area contributed by atoms with E-state index >= 15 is 0 Å². The third-order valence-corrected chi connectivity index (χ3v) is 4.98. The molecule has 2 heterocycles.